The molecule has 2 heterocycles. The summed E-state index contributed by atoms with van der Waals surface area (Å²) in [5.41, 5.74) is 2.61. The summed E-state index contributed by atoms with van der Waals surface area (Å²) in [6.45, 7) is 3.09. The molecule has 2 aromatic rings. The fourth-order valence-corrected chi connectivity index (χ4v) is 4.57. The van der Waals surface area contributed by atoms with E-state index >= 15 is 0 Å². The molecule has 1 saturated carbocycles. The van der Waals surface area contributed by atoms with Gasteiger partial charge in [0.15, 0.2) is 17.5 Å². The van der Waals surface area contributed by atoms with Gasteiger partial charge in [-0.2, -0.15) is 0 Å². The molecule has 0 amide bonds. The van der Waals surface area contributed by atoms with Crippen LogP contribution in [0.2, 0.25) is 0 Å². The van der Waals surface area contributed by atoms with Crippen LogP contribution in [0.4, 0.5) is 5.69 Å². The van der Waals surface area contributed by atoms with E-state index < -0.39 is 0 Å². The van der Waals surface area contributed by atoms with Crippen molar-refractivity contribution in [1.82, 2.24) is 10.6 Å². The Morgan fingerprint density at radius 1 is 1.19 bits per heavy atom. The van der Waals surface area contributed by atoms with Crippen LogP contribution in [0.5, 0.6) is 17.2 Å². The normalized spacial score (nSPS) is 21.2. The van der Waals surface area contributed by atoms with Crippen molar-refractivity contribution in [3.8, 4) is 17.2 Å². The predicted molar refractivity (Wildman–Crippen MR) is 122 cm³/mol. The fraction of sp³-hybridized carbons (Fsp3) is 0.458. The zero-order valence-corrected chi connectivity index (χ0v) is 18.2. The maximum atomic E-state index is 5.57. The van der Waals surface area contributed by atoms with Crippen molar-refractivity contribution in [1.29, 1.82) is 0 Å². The van der Waals surface area contributed by atoms with Gasteiger partial charge in [0.25, 0.3) is 0 Å². The Morgan fingerprint density at radius 2 is 2.03 bits per heavy atom. The second-order valence-corrected chi connectivity index (χ2v) is 8.52. The molecular formula is C24H30N4O3. The lowest BCUT2D eigenvalue weighted by atomic mass is 9.95. The second kappa shape index (κ2) is 8.21. The number of guanidine groups is 1. The molecule has 164 valence electrons. The number of anilines is 1. The summed E-state index contributed by atoms with van der Waals surface area (Å²) in [4.78, 5) is 6.85. The first-order valence-corrected chi connectivity index (χ1v) is 11.0. The summed E-state index contributed by atoms with van der Waals surface area (Å²) in [6, 6.07) is 14.9. The van der Waals surface area contributed by atoms with Crippen LogP contribution in [0.3, 0.4) is 0 Å². The summed E-state index contributed by atoms with van der Waals surface area (Å²) >= 11 is 0. The van der Waals surface area contributed by atoms with Crippen LogP contribution >= 0.6 is 0 Å². The zero-order valence-electron chi connectivity index (χ0n) is 18.2. The maximum Gasteiger partial charge on any atom is 0.231 e. The molecule has 31 heavy (non-hydrogen) atoms. The molecule has 2 N–H and O–H groups in total. The van der Waals surface area contributed by atoms with Gasteiger partial charge in [0.05, 0.1) is 12.8 Å². The lowest BCUT2D eigenvalue weighted by Crippen LogP contribution is -2.46. The van der Waals surface area contributed by atoms with E-state index in [1.165, 1.54) is 18.4 Å². The van der Waals surface area contributed by atoms with E-state index in [1.54, 1.807) is 7.11 Å². The highest BCUT2D eigenvalue weighted by atomic mass is 16.7. The lowest BCUT2D eigenvalue weighted by molar-refractivity contribution is 0.174. The number of hydrogen-bond donors (Lipinski definition) is 2. The van der Waals surface area contributed by atoms with E-state index in [-0.39, 0.29) is 5.41 Å². The van der Waals surface area contributed by atoms with Crippen LogP contribution in [-0.2, 0) is 5.41 Å². The smallest absolute Gasteiger partial charge is 0.231 e. The maximum absolute atomic E-state index is 5.57. The number of fused-ring (bicyclic) bond motifs is 1. The highest BCUT2D eigenvalue weighted by Crippen LogP contribution is 2.49. The summed E-state index contributed by atoms with van der Waals surface area (Å²) < 4.78 is 16.6. The summed E-state index contributed by atoms with van der Waals surface area (Å²) in [6.07, 6.45) is 3.40. The quantitative estimate of drug-likeness (QED) is 0.551. The number of aliphatic imine (C=N–C) groups is 1. The van der Waals surface area contributed by atoms with Gasteiger partial charge in [0, 0.05) is 38.1 Å². The molecule has 0 aromatic heterocycles. The molecule has 0 spiro atoms. The molecule has 3 aliphatic rings. The predicted octanol–water partition coefficient (Wildman–Crippen LogP) is 2.90. The Morgan fingerprint density at radius 3 is 2.84 bits per heavy atom. The van der Waals surface area contributed by atoms with Gasteiger partial charge in [0.1, 0.15) is 5.75 Å². The van der Waals surface area contributed by atoms with Crippen molar-refractivity contribution >= 4 is 11.6 Å². The Labute approximate surface area is 183 Å². The molecule has 7 heteroatoms. The number of nitrogens with one attached hydrogen (secondary N) is 2. The van der Waals surface area contributed by atoms with Crippen LogP contribution in [-0.4, -0.2) is 52.6 Å². The molecule has 1 unspecified atom stereocenters. The molecule has 0 radical (unpaired) electrons. The minimum Gasteiger partial charge on any atom is -0.495 e. The van der Waals surface area contributed by atoms with Gasteiger partial charge < -0.3 is 29.7 Å². The van der Waals surface area contributed by atoms with Crippen molar-refractivity contribution in [2.45, 2.75) is 30.7 Å². The number of ether oxygens (including phenoxy) is 3. The van der Waals surface area contributed by atoms with Crippen molar-refractivity contribution in [3.05, 3.63) is 48.0 Å². The summed E-state index contributed by atoms with van der Waals surface area (Å²) in [5.74, 6) is 3.48. The van der Waals surface area contributed by atoms with Crippen LogP contribution in [0.25, 0.3) is 0 Å². The average Bonchev–Trinajstić information content (AvgIpc) is 3.22. The summed E-state index contributed by atoms with van der Waals surface area (Å²) in [7, 11) is 3.56. The van der Waals surface area contributed by atoms with Gasteiger partial charge in [-0.05, 0) is 49.1 Å². The van der Waals surface area contributed by atoms with Crippen molar-refractivity contribution in [2.75, 3.05) is 45.5 Å². The lowest BCUT2D eigenvalue weighted by Gasteiger charge is -2.23. The average molecular weight is 423 g/mol. The third-order valence-electron chi connectivity index (χ3n) is 6.61. The van der Waals surface area contributed by atoms with Crippen LogP contribution in [0, 0.1) is 0 Å². The van der Waals surface area contributed by atoms with Crippen LogP contribution in [0.1, 0.15) is 24.8 Å². The Hall–Kier alpha value is -3.09. The van der Waals surface area contributed by atoms with Gasteiger partial charge in [-0.15, -0.1) is 0 Å². The molecular weight excluding hydrogens is 392 g/mol. The molecule has 2 aliphatic heterocycles. The standard InChI is InChI=1S/C24H30N4O3/c1-25-23(27-18-9-12-28(14-18)19-5-3-4-6-20(19)29-2)26-15-24(10-11-24)17-7-8-21-22(13-17)31-16-30-21/h3-8,13,18H,9-12,14-16H2,1-2H3,(H2,25,26,27). The molecule has 0 bridgehead atoms. The third kappa shape index (κ3) is 3.96. The SMILES string of the molecule is CN=C(NCC1(c2ccc3c(c2)OCO3)CC1)NC1CCN(c2ccccc2OC)C1. The molecule has 2 aromatic carbocycles. The third-order valence-corrected chi connectivity index (χ3v) is 6.61. The van der Waals surface area contributed by atoms with Gasteiger partial charge in [-0.25, -0.2) is 0 Å². The summed E-state index contributed by atoms with van der Waals surface area (Å²) in [5, 5.41) is 7.17. The van der Waals surface area contributed by atoms with Crippen molar-refractivity contribution in [3.63, 3.8) is 0 Å². The largest absolute Gasteiger partial charge is 0.495 e. The number of methoxy groups -OCH3 is 1. The monoisotopic (exact) mass is 422 g/mol. The Kier molecular flexibility index (Phi) is 5.26. The van der Waals surface area contributed by atoms with Gasteiger partial charge in [0.2, 0.25) is 6.79 Å². The highest BCUT2D eigenvalue weighted by Gasteiger charge is 2.45. The molecule has 1 aliphatic carbocycles. The van der Waals surface area contributed by atoms with E-state index in [4.69, 9.17) is 14.2 Å². The zero-order chi connectivity index (χ0) is 21.3. The van der Waals surface area contributed by atoms with Gasteiger partial charge in [-0.1, -0.05) is 18.2 Å². The number of rotatable bonds is 6. The topological polar surface area (TPSA) is 67.4 Å². The number of hydrogen-bond acceptors (Lipinski definition) is 5. The molecule has 1 saturated heterocycles. The minimum atomic E-state index is 0.151. The first-order valence-electron chi connectivity index (χ1n) is 11.0. The number of benzene rings is 2. The van der Waals surface area contributed by atoms with E-state index in [0.29, 0.717) is 12.8 Å². The number of para-hydroxylation sites is 2. The highest BCUT2D eigenvalue weighted by molar-refractivity contribution is 5.80. The first kappa shape index (κ1) is 19.8. The molecule has 2 fully saturated rings. The van der Waals surface area contributed by atoms with Gasteiger partial charge in [-0.3, -0.25) is 4.99 Å². The Balaban J connectivity index is 1.18. The van der Waals surface area contributed by atoms with Crippen molar-refractivity contribution < 1.29 is 14.2 Å². The van der Waals surface area contributed by atoms with E-state index in [9.17, 15) is 0 Å². The Bertz CT molecular complexity index is 973. The van der Waals surface area contributed by atoms with E-state index in [0.717, 1.165) is 55.0 Å². The molecule has 5 rings (SSSR count). The van der Waals surface area contributed by atoms with Crippen molar-refractivity contribution in [2.24, 2.45) is 4.99 Å². The van der Waals surface area contributed by atoms with E-state index in [2.05, 4.69) is 44.8 Å². The molecule has 1 atom stereocenters. The second-order valence-electron chi connectivity index (χ2n) is 8.52. The van der Waals surface area contributed by atoms with Crippen LogP contribution in [0.15, 0.2) is 47.5 Å². The first-order chi connectivity index (χ1) is 15.2. The minimum absolute atomic E-state index is 0.151. The van der Waals surface area contributed by atoms with Gasteiger partial charge >= 0.3 is 0 Å². The van der Waals surface area contributed by atoms with Crippen LogP contribution < -0.4 is 29.7 Å². The van der Waals surface area contributed by atoms with E-state index in [1.807, 2.05) is 25.2 Å². The fourth-order valence-electron chi connectivity index (χ4n) is 4.57. The number of nitrogens with zero attached hydrogens (tertiary/aromatic N) is 2. The molecule has 7 nitrogen and oxygen atoms in total.